The molecular formula is C27H27ClN4OS. The number of halogens is 1. The Kier molecular flexibility index (Phi) is 7.60. The van der Waals surface area contributed by atoms with Gasteiger partial charge >= 0.3 is 0 Å². The summed E-state index contributed by atoms with van der Waals surface area (Å²) < 4.78 is 0. The van der Waals surface area contributed by atoms with E-state index in [-0.39, 0.29) is 5.91 Å². The molecule has 0 aromatic heterocycles. The van der Waals surface area contributed by atoms with Crippen LogP contribution in [0.15, 0.2) is 95.1 Å². The van der Waals surface area contributed by atoms with Gasteiger partial charge in [-0.3, -0.25) is 4.79 Å². The summed E-state index contributed by atoms with van der Waals surface area (Å²) in [5.41, 5.74) is 5.22. The van der Waals surface area contributed by atoms with Crippen molar-refractivity contribution in [2.24, 2.45) is 4.99 Å². The number of carbonyl (C=O) groups excluding carboxylic acids is 1. The van der Waals surface area contributed by atoms with Crippen molar-refractivity contribution in [1.82, 2.24) is 5.32 Å². The van der Waals surface area contributed by atoms with Gasteiger partial charge < -0.3 is 15.5 Å². The summed E-state index contributed by atoms with van der Waals surface area (Å²) in [6.07, 6.45) is 0. The Labute approximate surface area is 209 Å². The number of amidine groups is 1. The maximum absolute atomic E-state index is 13.4. The van der Waals surface area contributed by atoms with E-state index >= 15 is 0 Å². The van der Waals surface area contributed by atoms with Gasteiger partial charge in [0, 0.05) is 41.9 Å². The molecule has 0 radical (unpaired) electrons. The molecule has 0 saturated heterocycles. The van der Waals surface area contributed by atoms with Crippen LogP contribution in [0.3, 0.4) is 0 Å². The normalized spacial score (nSPS) is 15.4. The number of anilines is 2. The highest BCUT2D eigenvalue weighted by Gasteiger charge is 2.29. The van der Waals surface area contributed by atoms with E-state index in [4.69, 9.17) is 16.6 Å². The number of aliphatic imine (C=N–C) groups is 1. The molecule has 4 rings (SSSR count). The van der Waals surface area contributed by atoms with Crippen molar-refractivity contribution in [3.63, 3.8) is 0 Å². The summed E-state index contributed by atoms with van der Waals surface area (Å²) >= 11 is 7.91. The van der Waals surface area contributed by atoms with Crippen molar-refractivity contribution >= 4 is 45.8 Å². The number of carbonyl (C=O) groups is 1. The quantitative estimate of drug-likeness (QED) is 0.428. The SMILES string of the molecule is CC1=C(C(=O)Nc2ccccc2)[C@@H](c2ccc(N(C)C)cc2)N=C(SCc2ccccc2Cl)N1. The summed E-state index contributed by atoms with van der Waals surface area (Å²) in [7, 11) is 4.01. The molecule has 1 heterocycles. The summed E-state index contributed by atoms with van der Waals surface area (Å²) in [6, 6.07) is 25.0. The fourth-order valence-corrected chi connectivity index (χ4v) is 4.92. The molecular weight excluding hydrogens is 464 g/mol. The predicted molar refractivity (Wildman–Crippen MR) is 145 cm³/mol. The summed E-state index contributed by atoms with van der Waals surface area (Å²) in [6.45, 7) is 1.92. The van der Waals surface area contributed by atoms with E-state index in [0.29, 0.717) is 11.3 Å². The zero-order chi connectivity index (χ0) is 24.1. The van der Waals surface area contributed by atoms with E-state index in [1.807, 2.05) is 105 Å². The van der Waals surface area contributed by atoms with Crippen LogP contribution < -0.4 is 15.5 Å². The van der Waals surface area contributed by atoms with Crippen molar-refractivity contribution < 1.29 is 4.79 Å². The number of nitrogens with zero attached hydrogens (tertiary/aromatic N) is 2. The lowest BCUT2D eigenvalue weighted by atomic mass is 9.95. The van der Waals surface area contributed by atoms with Gasteiger partial charge in [0.25, 0.3) is 5.91 Å². The van der Waals surface area contributed by atoms with Gasteiger partial charge in [0.2, 0.25) is 0 Å². The largest absolute Gasteiger partial charge is 0.378 e. The number of nitrogens with one attached hydrogen (secondary N) is 2. The number of amides is 1. The van der Waals surface area contributed by atoms with E-state index < -0.39 is 6.04 Å². The van der Waals surface area contributed by atoms with E-state index in [0.717, 1.165) is 38.4 Å². The van der Waals surface area contributed by atoms with Gasteiger partial charge in [0.1, 0.15) is 6.04 Å². The highest BCUT2D eigenvalue weighted by atomic mass is 35.5. The molecule has 1 atom stereocenters. The minimum atomic E-state index is -0.421. The number of rotatable bonds is 6. The maximum atomic E-state index is 13.4. The lowest BCUT2D eigenvalue weighted by molar-refractivity contribution is -0.113. The first-order chi connectivity index (χ1) is 16.4. The molecule has 3 aromatic rings. The monoisotopic (exact) mass is 490 g/mol. The van der Waals surface area contributed by atoms with Crippen molar-refractivity contribution in [2.75, 3.05) is 24.3 Å². The fourth-order valence-electron chi connectivity index (χ4n) is 3.69. The zero-order valence-electron chi connectivity index (χ0n) is 19.4. The van der Waals surface area contributed by atoms with Crippen LogP contribution in [0, 0.1) is 0 Å². The minimum Gasteiger partial charge on any atom is -0.378 e. The van der Waals surface area contributed by atoms with Crippen LogP contribution in [0.1, 0.15) is 24.1 Å². The maximum Gasteiger partial charge on any atom is 0.255 e. The Morgan fingerprint density at radius 2 is 1.71 bits per heavy atom. The molecule has 0 spiro atoms. The molecule has 34 heavy (non-hydrogen) atoms. The van der Waals surface area contributed by atoms with Crippen molar-refractivity contribution in [3.8, 4) is 0 Å². The zero-order valence-corrected chi connectivity index (χ0v) is 21.0. The minimum absolute atomic E-state index is 0.170. The van der Waals surface area contributed by atoms with Gasteiger partial charge in [-0.05, 0) is 48.4 Å². The van der Waals surface area contributed by atoms with Crippen LogP contribution in [0.5, 0.6) is 0 Å². The van der Waals surface area contributed by atoms with Gasteiger partial charge in [-0.2, -0.15) is 0 Å². The second-order valence-corrected chi connectivity index (χ2v) is 9.56. The van der Waals surface area contributed by atoms with E-state index in [1.165, 1.54) is 0 Å². The van der Waals surface area contributed by atoms with Crippen molar-refractivity contribution in [2.45, 2.75) is 18.7 Å². The Hall–Kier alpha value is -3.22. The van der Waals surface area contributed by atoms with Crippen molar-refractivity contribution in [1.29, 1.82) is 0 Å². The third-order valence-corrected chi connectivity index (χ3v) is 6.85. The van der Waals surface area contributed by atoms with Gasteiger partial charge in [-0.1, -0.05) is 71.9 Å². The number of benzene rings is 3. The van der Waals surface area contributed by atoms with Gasteiger partial charge in [0.15, 0.2) is 5.17 Å². The van der Waals surface area contributed by atoms with E-state index in [9.17, 15) is 4.79 Å². The second-order valence-electron chi connectivity index (χ2n) is 8.19. The van der Waals surface area contributed by atoms with Crippen LogP contribution >= 0.6 is 23.4 Å². The number of hydrogen-bond acceptors (Lipinski definition) is 5. The molecule has 1 aliphatic rings. The smallest absolute Gasteiger partial charge is 0.255 e. The standard InChI is InChI=1S/C27H27ClN4OS/c1-18-24(26(33)30-21-10-5-4-6-11-21)25(19-13-15-22(16-14-19)32(2)3)31-27(29-18)34-17-20-9-7-8-12-23(20)28/h4-16,25H,17H2,1-3H3,(H,29,31)(H,30,33)/t25-/m1/s1. The highest BCUT2D eigenvalue weighted by Crippen LogP contribution is 2.34. The third kappa shape index (κ3) is 5.64. The number of allylic oxidation sites excluding steroid dienone is 1. The highest BCUT2D eigenvalue weighted by molar-refractivity contribution is 8.13. The van der Waals surface area contributed by atoms with Crippen LogP contribution in [-0.4, -0.2) is 25.2 Å². The van der Waals surface area contributed by atoms with Gasteiger partial charge in [-0.15, -0.1) is 0 Å². The van der Waals surface area contributed by atoms with E-state index in [1.54, 1.807) is 11.8 Å². The molecule has 0 bridgehead atoms. The Morgan fingerprint density at radius 1 is 1.03 bits per heavy atom. The van der Waals surface area contributed by atoms with E-state index in [2.05, 4.69) is 10.6 Å². The first-order valence-electron chi connectivity index (χ1n) is 11.0. The number of hydrogen-bond donors (Lipinski definition) is 2. The average molecular weight is 491 g/mol. The molecule has 0 saturated carbocycles. The molecule has 3 aromatic carbocycles. The van der Waals surface area contributed by atoms with Crippen molar-refractivity contribution in [3.05, 3.63) is 106 Å². The molecule has 1 aliphatic heterocycles. The summed E-state index contributed by atoms with van der Waals surface area (Å²) in [4.78, 5) is 20.4. The van der Waals surface area contributed by atoms with Crippen LogP contribution in [-0.2, 0) is 10.5 Å². The fraction of sp³-hybridized carbons (Fsp3) is 0.185. The van der Waals surface area contributed by atoms with Crippen LogP contribution in [0.4, 0.5) is 11.4 Å². The van der Waals surface area contributed by atoms with Crippen LogP contribution in [0.2, 0.25) is 5.02 Å². The van der Waals surface area contributed by atoms with Gasteiger partial charge in [0.05, 0.1) is 5.57 Å². The Balaban J connectivity index is 1.63. The first kappa shape index (κ1) is 23.9. The molecule has 0 aliphatic carbocycles. The molecule has 1 amide bonds. The second kappa shape index (κ2) is 10.8. The Morgan fingerprint density at radius 3 is 2.38 bits per heavy atom. The molecule has 0 unspecified atom stereocenters. The number of para-hydroxylation sites is 1. The average Bonchev–Trinajstić information content (AvgIpc) is 2.83. The van der Waals surface area contributed by atoms with Crippen LogP contribution in [0.25, 0.3) is 0 Å². The summed E-state index contributed by atoms with van der Waals surface area (Å²) in [5.74, 6) is 0.508. The molecule has 174 valence electrons. The topological polar surface area (TPSA) is 56.7 Å². The predicted octanol–water partition coefficient (Wildman–Crippen LogP) is 6.25. The lowest BCUT2D eigenvalue weighted by Crippen LogP contribution is -2.32. The lowest BCUT2D eigenvalue weighted by Gasteiger charge is -2.27. The number of thioether (sulfide) groups is 1. The summed E-state index contributed by atoms with van der Waals surface area (Å²) in [5, 5.41) is 7.84. The molecule has 7 heteroatoms. The van der Waals surface area contributed by atoms with Gasteiger partial charge in [-0.25, -0.2) is 4.99 Å². The molecule has 0 fully saturated rings. The molecule has 5 nitrogen and oxygen atoms in total. The Bertz CT molecular complexity index is 1220. The molecule has 2 N–H and O–H groups in total. The first-order valence-corrected chi connectivity index (χ1v) is 12.3. The third-order valence-electron chi connectivity index (χ3n) is 5.54.